The van der Waals surface area contributed by atoms with Gasteiger partial charge in [-0.05, 0) is 12.8 Å². The molecule has 132 valence electrons. The molecule has 3 nitrogen and oxygen atoms in total. The Labute approximate surface area is 143 Å². The first-order chi connectivity index (χ1) is 10.2. The van der Waals surface area contributed by atoms with Gasteiger partial charge < -0.3 is 22.0 Å². The third-order valence-electron chi connectivity index (χ3n) is 3.90. The lowest BCUT2D eigenvalue weighted by Gasteiger charge is -2.13. The fourth-order valence-electron chi connectivity index (χ4n) is 2.42. The average Bonchev–Trinajstić information content (AvgIpc) is 2.49. The van der Waals surface area contributed by atoms with Crippen LogP contribution in [0.4, 0.5) is 0 Å². The number of nitrogens with one attached hydrogen (secondary N) is 1. The molecule has 0 spiro atoms. The van der Waals surface area contributed by atoms with E-state index in [2.05, 4.69) is 20.6 Å². The minimum absolute atomic E-state index is 0. The molecule has 0 aliphatic heterocycles. The Hall–Kier alpha value is -0.540. The first-order valence-electron chi connectivity index (χ1n) is 8.81. The van der Waals surface area contributed by atoms with Crippen molar-refractivity contribution in [2.24, 2.45) is 0 Å². The molecule has 22 heavy (non-hydrogen) atoms. The molecule has 0 radical (unpaired) electrons. The molecule has 0 aromatic rings. The fraction of sp³-hybridized carbons (Fsp3) is 0.833. The van der Waals surface area contributed by atoms with Crippen LogP contribution in [0, 0.1) is 0 Å². The number of ether oxygens (including phenoxy) is 1. The van der Waals surface area contributed by atoms with Crippen molar-refractivity contribution < 1.29 is 26.8 Å². The van der Waals surface area contributed by atoms with Gasteiger partial charge in [0, 0.05) is 6.08 Å². The topological polar surface area (TPSA) is 30.7 Å². The number of hydrogen-bond acceptors (Lipinski definition) is 2. The minimum atomic E-state index is -0.318. The van der Waals surface area contributed by atoms with Gasteiger partial charge in [0.1, 0.15) is 13.2 Å². The molecule has 0 fully saturated rings. The van der Waals surface area contributed by atoms with Crippen LogP contribution in [-0.4, -0.2) is 32.7 Å². The molecule has 0 aromatic heterocycles. The number of quaternary nitrogens is 1. The van der Waals surface area contributed by atoms with Crippen LogP contribution < -0.4 is 17.3 Å². The SMILES string of the molecule is C=CC(=O)OCC[NH+](C)CCCCCCCCCCCC.[Cl-]. The molecular weight excluding hydrogens is 298 g/mol. The van der Waals surface area contributed by atoms with Gasteiger partial charge in [0.15, 0.2) is 0 Å². The van der Waals surface area contributed by atoms with E-state index in [1.54, 1.807) is 0 Å². The number of rotatable bonds is 15. The Morgan fingerprint density at radius 1 is 0.955 bits per heavy atom. The van der Waals surface area contributed by atoms with Crippen molar-refractivity contribution >= 4 is 5.97 Å². The van der Waals surface area contributed by atoms with E-state index in [0.29, 0.717) is 6.61 Å². The van der Waals surface area contributed by atoms with Gasteiger partial charge in [-0.2, -0.15) is 0 Å². The molecule has 0 bridgehead atoms. The molecule has 0 rings (SSSR count). The maximum atomic E-state index is 10.9. The van der Waals surface area contributed by atoms with Gasteiger partial charge in [-0.3, -0.25) is 0 Å². The van der Waals surface area contributed by atoms with Crippen molar-refractivity contribution in [3.05, 3.63) is 12.7 Å². The second-order valence-corrected chi connectivity index (χ2v) is 6.01. The van der Waals surface area contributed by atoms with E-state index in [1.807, 2.05) is 0 Å². The van der Waals surface area contributed by atoms with E-state index >= 15 is 0 Å². The number of carbonyl (C=O) groups is 1. The van der Waals surface area contributed by atoms with Gasteiger partial charge in [-0.1, -0.05) is 64.9 Å². The predicted octanol–water partition coefficient (Wildman–Crippen LogP) is 0.155. The summed E-state index contributed by atoms with van der Waals surface area (Å²) in [6, 6.07) is 0. The number of esters is 1. The Morgan fingerprint density at radius 3 is 1.95 bits per heavy atom. The van der Waals surface area contributed by atoms with E-state index in [-0.39, 0.29) is 18.4 Å². The predicted molar refractivity (Wildman–Crippen MR) is 89.6 cm³/mol. The summed E-state index contributed by atoms with van der Waals surface area (Å²) >= 11 is 0. The first kappa shape index (κ1) is 23.7. The summed E-state index contributed by atoms with van der Waals surface area (Å²) in [5, 5.41) is 0. The molecule has 0 aromatic carbocycles. The highest BCUT2D eigenvalue weighted by atomic mass is 35.5. The molecule has 1 N–H and O–H groups in total. The Bertz CT molecular complexity index is 259. The fourth-order valence-corrected chi connectivity index (χ4v) is 2.42. The first-order valence-corrected chi connectivity index (χ1v) is 8.81. The average molecular weight is 334 g/mol. The molecular formula is C18H36ClNO2. The number of likely N-dealkylation sites (N-methyl/N-ethyl adjacent to an activating group) is 1. The molecule has 0 aliphatic carbocycles. The monoisotopic (exact) mass is 333 g/mol. The molecule has 0 heterocycles. The molecule has 0 aliphatic rings. The molecule has 0 saturated heterocycles. The summed E-state index contributed by atoms with van der Waals surface area (Å²) in [7, 11) is 2.16. The minimum Gasteiger partial charge on any atom is -1.00 e. The van der Waals surface area contributed by atoms with Gasteiger partial charge in [-0.15, -0.1) is 0 Å². The van der Waals surface area contributed by atoms with E-state index < -0.39 is 0 Å². The van der Waals surface area contributed by atoms with Crippen LogP contribution in [0.15, 0.2) is 12.7 Å². The van der Waals surface area contributed by atoms with Crippen LogP contribution in [0.25, 0.3) is 0 Å². The lowest BCUT2D eigenvalue weighted by molar-refractivity contribution is -0.880. The van der Waals surface area contributed by atoms with Crippen LogP contribution in [-0.2, 0) is 9.53 Å². The summed E-state index contributed by atoms with van der Waals surface area (Å²) in [5.41, 5.74) is 0. The second-order valence-electron chi connectivity index (χ2n) is 6.01. The highest BCUT2D eigenvalue weighted by Gasteiger charge is 2.03. The zero-order chi connectivity index (χ0) is 15.8. The van der Waals surface area contributed by atoms with Gasteiger partial charge in [0.2, 0.25) is 0 Å². The third-order valence-corrected chi connectivity index (χ3v) is 3.90. The Balaban J connectivity index is 0. The van der Waals surface area contributed by atoms with Crippen LogP contribution in [0.1, 0.15) is 71.1 Å². The van der Waals surface area contributed by atoms with Crippen molar-refractivity contribution in [3.63, 3.8) is 0 Å². The van der Waals surface area contributed by atoms with Crippen molar-refractivity contribution in [1.82, 2.24) is 0 Å². The van der Waals surface area contributed by atoms with Crippen molar-refractivity contribution in [1.29, 1.82) is 0 Å². The van der Waals surface area contributed by atoms with Crippen molar-refractivity contribution in [3.8, 4) is 0 Å². The standard InChI is InChI=1S/C18H35NO2.ClH/c1-4-6-7-8-9-10-11-12-13-14-15-19(3)16-17-21-18(20)5-2;/h5H,2,4,6-17H2,1,3H3;1H. The van der Waals surface area contributed by atoms with Crippen molar-refractivity contribution in [2.45, 2.75) is 71.1 Å². The van der Waals surface area contributed by atoms with E-state index in [1.165, 1.54) is 81.7 Å². The maximum absolute atomic E-state index is 10.9. The third kappa shape index (κ3) is 17.5. The summed E-state index contributed by atoms with van der Waals surface area (Å²) in [6.45, 7) is 8.20. The van der Waals surface area contributed by atoms with E-state index in [9.17, 15) is 4.79 Å². The summed E-state index contributed by atoms with van der Waals surface area (Å²) < 4.78 is 4.98. The van der Waals surface area contributed by atoms with Crippen LogP contribution >= 0.6 is 0 Å². The summed E-state index contributed by atoms with van der Waals surface area (Å²) in [6.07, 6.45) is 15.0. The van der Waals surface area contributed by atoms with E-state index in [0.717, 1.165) is 6.54 Å². The maximum Gasteiger partial charge on any atom is 0.330 e. The zero-order valence-corrected chi connectivity index (χ0v) is 15.4. The summed E-state index contributed by atoms with van der Waals surface area (Å²) in [5.74, 6) is -0.318. The molecule has 1 atom stereocenters. The lowest BCUT2D eigenvalue weighted by atomic mass is 10.1. The highest BCUT2D eigenvalue weighted by molar-refractivity contribution is 5.81. The normalized spacial score (nSPS) is 11.5. The van der Waals surface area contributed by atoms with Crippen LogP contribution in [0.3, 0.4) is 0 Å². The molecule has 1 unspecified atom stereocenters. The second kappa shape index (κ2) is 18.5. The Morgan fingerprint density at radius 2 is 1.45 bits per heavy atom. The Kier molecular flexibility index (Phi) is 20.0. The van der Waals surface area contributed by atoms with E-state index in [4.69, 9.17) is 4.74 Å². The quantitative estimate of drug-likeness (QED) is 0.263. The molecule has 4 heteroatoms. The highest BCUT2D eigenvalue weighted by Crippen LogP contribution is 2.09. The van der Waals surface area contributed by atoms with Gasteiger partial charge in [0.05, 0.1) is 13.6 Å². The smallest absolute Gasteiger partial charge is 0.330 e. The zero-order valence-electron chi connectivity index (χ0n) is 14.7. The molecule has 0 saturated carbocycles. The number of carbonyl (C=O) groups excluding carboxylic acids is 1. The van der Waals surface area contributed by atoms with Gasteiger partial charge in [-0.25, -0.2) is 4.79 Å². The van der Waals surface area contributed by atoms with Crippen molar-refractivity contribution in [2.75, 3.05) is 26.7 Å². The van der Waals surface area contributed by atoms with Crippen LogP contribution in [0.5, 0.6) is 0 Å². The van der Waals surface area contributed by atoms with Crippen LogP contribution in [0.2, 0.25) is 0 Å². The summed E-state index contributed by atoms with van der Waals surface area (Å²) in [4.78, 5) is 12.3. The number of hydrogen-bond donors (Lipinski definition) is 1. The number of halogens is 1. The molecule has 0 amide bonds. The van der Waals surface area contributed by atoms with Gasteiger partial charge >= 0.3 is 5.97 Å². The van der Waals surface area contributed by atoms with Gasteiger partial charge in [0.25, 0.3) is 0 Å². The largest absolute Gasteiger partial charge is 1.00 e. The number of unbranched alkanes of at least 4 members (excludes halogenated alkanes) is 9. The lowest BCUT2D eigenvalue weighted by Crippen LogP contribution is -3.09.